The van der Waals surface area contributed by atoms with Gasteiger partial charge in [0.1, 0.15) is 6.04 Å². The number of amides is 3. The van der Waals surface area contributed by atoms with Crippen LogP contribution in [0.1, 0.15) is 19.3 Å². The van der Waals surface area contributed by atoms with Crippen LogP contribution in [0.5, 0.6) is 0 Å². The van der Waals surface area contributed by atoms with Crippen molar-refractivity contribution in [2.75, 3.05) is 33.3 Å². The van der Waals surface area contributed by atoms with Crippen molar-refractivity contribution in [3.63, 3.8) is 0 Å². The number of hydrogen-bond donors (Lipinski definition) is 2. The summed E-state index contributed by atoms with van der Waals surface area (Å²) < 4.78 is 5.35. The van der Waals surface area contributed by atoms with Gasteiger partial charge in [-0.3, -0.25) is 9.59 Å². The van der Waals surface area contributed by atoms with Gasteiger partial charge in [-0.25, -0.2) is 4.79 Å². The second-order valence-corrected chi connectivity index (χ2v) is 5.28. The van der Waals surface area contributed by atoms with Crippen molar-refractivity contribution in [2.45, 2.75) is 31.4 Å². The molecule has 2 heterocycles. The summed E-state index contributed by atoms with van der Waals surface area (Å²) in [6.45, 7) is 1.55. The van der Waals surface area contributed by atoms with Crippen LogP contribution >= 0.6 is 0 Å². The number of carbonyl (C=O) groups is 3. The summed E-state index contributed by atoms with van der Waals surface area (Å²) >= 11 is 0. The van der Waals surface area contributed by atoms with E-state index < -0.39 is 18.1 Å². The number of aliphatic carboxylic acids is 1. The van der Waals surface area contributed by atoms with Crippen LogP contribution in [0.3, 0.4) is 0 Å². The van der Waals surface area contributed by atoms with Crippen LogP contribution < -0.4 is 5.32 Å². The van der Waals surface area contributed by atoms with Gasteiger partial charge in [-0.15, -0.1) is 0 Å². The number of hydrogen-bond acceptors (Lipinski definition) is 4. The average molecular weight is 299 g/mol. The van der Waals surface area contributed by atoms with Crippen molar-refractivity contribution in [1.82, 2.24) is 15.1 Å². The van der Waals surface area contributed by atoms with Crippen LogP contribution in [0.2, 0.25) is 0 Å². The number of morpholine rings is 1. The molecule has 2 saturated heterocycles. The van der Waals surface area contributed by atoms with Crippen molar-refractivity contribution in [3.8, 4) is 0 Å². The van der Waals surface area contributed by atoms with E-state index in [1.807, 2.05) is 0 Å². The lowest BCUT2D eigenvalue weighted by Gasteiger charge is -2.36. The van der Waals surface area contributed by atoms with Crippen LogP contribution in [0.15, 0.2) is 0 Å². The molecule has 8 heteroatoms. The number of likely N-dealkylation sites (N-methyl/N-ethyl adjacent to an activating group) is 1. The monoisotopic (exact) mass is 299 g/mol. The van der Waals surface area contributed by atoms with E-state index in [0.29, 0.717) is 26.1 Å². The van der Waals surface area contributed by atoms with Gasteiger partial charge in [-0.2, -0.15) is 0 Å². The molecule has 0 saturated carbocycles. The van der Waals surface area contributed by atoms with Crippen LogP contribution in [-0.2, 0) is 14.3 Å². The Labute approximate surface area is 123 Å². The number of likely N-dealkylation sites (tertiary alicyclic amines) is 1. The van der Waals surface area contributed by atoms with E-state index in [0.717, 1.165) is 6.42 Å². The highest BCUT2D eigenvalue weighted by Gasteiger charge is 2.37. The number of carbonyl (C=O) groups excluding carboxylic acids is 2. The Hall–Kier alpha value is -1.83. The maximum absolute atomic E-state index is 12.5. The van der Waals surface area contributed by atoms with E-state index in [9.17, 15) is 14.4 Å². The normalized spacial score (nSPS) is 25.8. The number of rotatable bonds is 3. The minimum atomic E-state index is -0.946. The van der Waals surface area contributed by atoms with Crippen LogP contribution in [0.25, 0.3) is 0 Å². The van der Waals surface area contributed by atoms with Gasteiger partial charge in [0, 0.05) is 26.7 Å². The highest BCUT2D eigenvalue weighted by molar-refractivity contribution is 5.87. The van der Waals surface area contributed by atoms with Gasteiger partial charge in [0.15, 0.2) is 0 Å². The molecule has 2 rings (SSSR count). The zero-order valence-electron chi connectivity index (χ0n) is 12.1. The third kappa shape index (κ3) is 3.63. The minimum Gasteiger partial charge on any atom is -0.481 e. The second-order valence-electron chi connectivity index (χ2n) is 5.28. The molecule has 2 fully saturated rings. The van der Waals surface area contributed by atoms with Crippen LogP contribution in [0.4, 0.5) is 4.79 Å². The highest BCUT2D eigenvalue weighted by atomic mass is 16.5. The van der Waals surface area contributed by atoms with Crippen LogP contribution in [-0.4, -0.2) is 78.2 Å². The summed E-state index contributed by atoms with van der Waals surface area (Å²) in [5.41, 5.74) is 0. The fourth-order valence-electron chi connectivity index (χ4n) is 2.83. The molecule has 2 N–H and O–H groups in total. The lowest BCUT2D eigenvalue weighted by molar-refractivity contribution is -0.141. The van der Waals surface area contributed by atoms with Crippen molar-refractivity contribution in [1.29, 1.82) is 0 Å². The third-order valence-corrected chi connectivity index (χ3v) is 3.86. The lowest BCUT2D eigenvalue weighted by Crippen LogP contribution is -2.54. The highest BCUT2D eigenvalue weighted by Crippen LogP contribution is 2.21. The van der Waals surface area contributed by atoms with Gasteiger partial charge in [0.25, 0.3) is 0 Å². The molecule has 2 aliphatic heterocycles. The Kier molecular flexibility index (Phi) is 5.00. The van der Waals surface area contributed by atoms with Crippen molar-refractivity contribution in [3.05, 3.63) is 0 Å². The topological polar surface area (TPSA) is 99.2 Å². The molecular weight excluding hydrogens is 278 g/mol. The van der Waals surface area contributed by atoms with Gasteiger partial charge < -0.3 is 25.0 Å². The first-order chi connectivity index (χ1) is 10.0. The maximum atomic E-state index is 12.5. The minimum absolute atomic E-state index is 0.122. The molecule has 0 aliphatic carbocycles. The molecule has 118 valence electrons. The molecule has 0 aromatic carbocycles. The summed E-state index contributed by atoms with van der Waals surface area (Å²) in [5, 5.41) is 11.4. The molecule has 0 radical (unpaired) electrons. The average Bonchev–Trinajstić information content (AvgIpc) is 2.94. The number of ether oxygens (including phenoxy) is 1. The summed E-state index contributed by atoms with van der Waals surface area (Å²) in [6.07, 6.45) is 0.852. The van der Waals surface area contributed by atoms with E-state index >= 15 is 0 Å². The summed E-state index contributed by atoms with van der Waals surface area (Å²) in [6, 6.07) is -0.636. The fraction of sp³-hybridized carbons (Fsp3) is 0.769. The Balaban J connectivity index is 1.98. The molecule has 2 unspecified atom stereocenters. The predicted molar refractivity (Wildman–Crippen MR) is 72.8 cm³/mol. The summed E-state index contributed by atoms with van der Waals surface area (Å²) in [4.78, 5) is 38.2. The Morgan fingerprint density at radius 2 is 2.10 bits per heavy atom. The summed E-state index contributed by atoms with van der Waals surface area (Å²) in [7, 11) is 1.56. The number of urea groups is 1. The first kappa shape index (κ1) is 15.6. The largest absolute Gasteiger partial charge is 0.481 e. The van der Waals surface area contributed by atoms with Gasteiger partial charge in [-0.1, -0.05) is 0 Å². The van der Waals surface area contributed by atoms with Crippen molar-refractivity contribution < 1.29 is 24.2 Å². The molecule has 2 atom stereocenters. The van der Waals surface area contributed by atoms with E-state index in [1.165, 1.54) is 0 Å². The Bertz CT molecular complexity index is 428. The van der Waals surface area contributed by atoms with Gasteiger partial charge in [-0.05, 0) is 12.8 Å². The first-order valence-electron chi connectivity index (χ1n) is 7.13. The quantitative estimate of drug-likeness (QED) is 0.731. The van der Waals surface area contributed by atoms with E-state index in [4.69, 9.17) is 9.84 Å². The van der Waals surface area contributed by atoms with Crippen molar-refractivity contribution >= 4 is 17.9 Å². The van der Waals surface area contributed by atoms with Crippen LogP contribution in [0, 0.1) is 0 Å². The second kappa shape index (κ2) is 6.75. The van der Waals surface area contributed by atoms with Gasteiger partial charge in [0.2, 0.25) is 5.91 Å². The van der Waals surface area contributed by atoms with E-state index in [2.05, 4.69) is 5.32 Å². The number of nitrogens with zero attached hydrogens (tertiary/aromatic N) is 2. The van der Waals surface area contributed by atoms with Gasteiger partial charge in [0.05, 0.1) is 19.1 Å². The van der Waals surface area contributed by atoms with Crippen molar-refractivity contribution in [2.24, 2.45) is 0 Å². The molecule has 2 aliphatic rings. The molecule has 21 heavy (non-hydrogen) atoms. The number of carboxylic acid groups (broad SMARTS) is 1. The Morgan fingerprint density at radius 1 is 1.33 bits per heavy atom. The molecule has 0 aromatic heterocycles. The SMILES string of the molecule is CNC(=O)C1CCCN1C(=O)N1CCOC(CC(=O)O)C1. The molecule has 8 nitrogen and oxygen atoms in total. The van der Waals surface area contributed by atoms with E-state index in [-0.39, 0.29) is 24.9 Å². The molecule has 0 spiro atoms. The molecule has 0 bridgehead atoms. The molecule has 0 aromatic rings. The lowest BCUT2D eigenvalue weighted by atomic mass is 10.2. The first-order valence-corrected chi connectivity index (χ1v) is 7.13. The number of nitrogens with one attached hydrogen (secondary N) is 1. The summed E-state index contributed by atoms with van der Waals surface area (Å²) in [5.74, 6) is -1.10. The maximum Gasteiger partial charge on any atom is 0.320 e. The molecule has 3 amide bonds. The fourth-order valence-corrected chi connectivity index (χ4v) is 2.83. The predicted octanol–water partition coefficient (Wildman–Crippen LogP) is -0.508. The zero-order valence-corrected chi connectivity index (χ0v) is 12.1. The number of carboxylic acids is 1. The Morgan fingerprint density at radius 3 is 2.76 bits per heavy atom. The third-order valence-electron chi connectivity index (χ3n) is 3.86. The zero-order chi connectivity index (χ0) is 15.4. The van der Waals surface area contributed by atoms with Gasteiger partial charge >= 0.3 is 12.0 Å². The molecular formula is C13H21N3O5. The van der Waals surface area contributed by atoms with E-state index in [1.54, 1.807) is 16.8 Å². The standard InChI is InChI=1S/C13H21N3O5/c1-14-12(19)10-3-2-4-16(10)13(20)15-5-6-21-9(8-15)7-11(17)18/h9-10H,2-8H2,1H3,(H,14,19)(H,17,18). The smallest absolute Gasteiger partial charge is 0.320 e.